The van der Waals surface area contributed by atoms with E-state index >= 15 is 0 Å². The molecule has 0 spiro atoms. The van der Waals surface area contributed by atoms with Crippen LogP contribution in [0, 0.1) is 0 Å². The second-order valence-electron chi connectivity index (χ2n) is 2.85. The van der Waals surface area contributed by atoms with E-state index in [2.05, 4.69) is 5.32 Å². The number of aliphatic hydroxyl groups excluding tert-OH is 1. The Balaban J connectivity index is 2.39. The summed E-state index contributed by atoms with van der Waals surface area (Å²) in [4.78, 5) is 12.8. The van der Waals surface area contributed by atoms with Crippen molar-refractivity contribution >= 4 is 5.91 Å². The van der Waals surface area contributed by atoms with Crippen LogP contribution in [-0.2, 0) is 4.79 Å². The predicted octanol–water partition coefficient (Wildman–Crippen LogP) is -1.20. The second-order valence-corrected chi connectivity index (χ2v) is 2.85. The third-order valence-electron chi connectivity index (χ3n) is 1.96. The van der Waals surface area contributed by atoms with Gasteiger partial charge >= 0.3 is 0 Å². The van der Waals surface area contributed by atoms with E-state index in [1.54, 1.807) is 0 Å². The lowest BCUT2D eigenvalue weighted by Gasteiger charge is -2.30. The van der Waals surface area contributed by atoms with E-state index < -0.39 is 0 Å². The van der Waals surface area contributed by atoms with Crippen molar-refractivity contribution in [3.05, 3.63) is 0 Å². The molecular formula is C7H14N2O2. The van der Waals surface area contributed by atoms with Crippen LogP contribution in [0.15, 0.2) is 0 Å². The van der Waals surface area contributed by atoms with Gasteiger partial charge in [0.15, 0.2) is 0 Å². The molecule has 0 bridgehead atoms. The molecule has 1 fully saturated rings. The lowest BCUT2D eigenvalue weighted by molar-refractivity contribution is -0.125. The topological polar surface area (TPSA) is 52.6 Å². The lowest BCUT2D eigenvalue weighted by atomic mass is 10.2. The molecular weight excluding hydrogens is 144 g/mol. The predicted molar refractivity (Wildman–Crippen MR) is 41.1 cm³/mol. The van der Waals surface area contributed by atoms with Crippen LogP contribution in [0.4, 0.5) is 0 Å². The maximum atomic E-state index is 10.9. The summed E-state index contributed by atoms with van der Waals surface area (Å²) in [5.74, 6) is 0.0524. The van der Waals surface area contributed by atoms with E-state index in [9.17, 15) is 4.79 Å². The minimum atomic E-state index is 0.0524. The highest BCUT2D eigenvalue weighted by Gasteiger charge is 2.19. The molecule has 1 unspecified atom stereocenters. The zero-order valence-electron chi connectivity index (χ0n) is 6.71. The van der Waals surface area contributed by atoms with Crippen LogP contribution in [-0.4, -0.2) is 48.2 Å². The Hall–Kier alpha value is -0.610. The smallest absolute Gasteiger partial charge is 0.234 e. The van der Waals surface area contributed by atoms with E-state index in [1.165, 1.54) is 0 Å². The van der Waals surface area contributed by atoms with Gasteiger partial charge < -0.3 is 10.4 Å². The van der Waals surface area contributed by atoms with E-state index in [1.807, 2.05) is 11.8 Å². The second kappa shape index (κ2) is 3.69. The van der Waals surface area contributed by atoms with Crippen LogP contribution in [0.3, 0.4) is 0 Å². The molecule has 0 aromatic heterocycles. The quantitative estimate of drug-likeness (QED) is 0.530. The number of carbonyl (C=O) groups excluding carboxylic acids is 1. The van der Waals surface area contributed by atoms with Crippen LogP contribution in [0.25, 0.3) is 0 Å². The molecule has 1 aliphatic rings. The summed E-state index contributed by atoms with van der Waals surface area (Å²) in [6.45, 7) is 3.99. The Morgan fingerprint density at radius 3 is 3.09 bits per heavy atom. The average Bonchev–Trinajstić information content (AvgIpc) is 2.03. The van der Waals surface area contributed by atoms with Gasteiger partial charge in [0.05, 0.1) is 13.2 Å². The van der Waals surface area contributed by atoms with Crippen molar-refractivity contribution in [1.29, 1.82) is 0 Å². The average molecular weight is 158 g/mol. The molecule has 0 aliphatic carbocycles. The van der Waals surface area contributed by atoms with Gasteiger partial charge in [0.25, 0.3) is 0 Å². The first-order chi connectivity index (χ1) is 5.24. The summed E-state index contributed by atoms with van der Waals surface area (Å²) < 4.78 is 0. The number of hydrogen-bond acceptors (Lipinski definition) is 3. The van der Waals surface area contributed by atoms with Gasteiger partial charge in [0, 0.05) is 19.1 Å². The Kier molecular flexibility index (Phi) is 2.84. The van der Waals surface area contributed by atoms with Gasteiger partial charge in [-0.3, -0.25) is 9.69 Å². The van der Waals surface area contributed by atoms with Crippen molar-refractivity contribution in [3.63, 3.8) is 0 Å². The summed E-state index contributed by atoms with van der Waals surface area (Å²) in [6, 6.07) is 0.0982. The molecule has 4 heteroatoms. The van der Waals surface area contributed by atoms with Gasteiger partial charge in [-0.05, 0) is 6.92 Å². The largest absolute Gasteiger partial charge is 0.395 e. The number of aliphatic hydroxyl groups is 1. The summed E-state index contributed by atoms with van der Waals surface area (Å²) >= 11 is 0. The molecule has 1 saturated heterocycles. The summed E-state index contributed by atoms with van der Waals surface area (Å²) in [5, 5.41) is 11.5. The summed E-state index contributed by atoms with van der Waals surface area (Å²) in [7, 11) is 0. The molecule has 2 N–H and O–H groups in total. The van der Waals surface area contributed by atoms with E-state index in [4.69, 9.17) is 5.11 Å². The Bertz CT molecular complexity index is 149. The molecule has 4 nitrogen and oxygen atoms in total. The van der Waals surface area contributed by atoms with E-state index in [0.29, 0.717) is 13.1 Å². The minimum absolute atomic E-state index is 0.0524. The van der Waals surface area contributed by atoms with Gasteiger partial charge in [0.2, 0.25) is 5.91 Å². The maximum Gasteiger partial charge on any atom is 0.234 e. The first-order valence-electron chi connectivity index (χ1n) is 3.85. The fraction of sp³-hybridized carbons (Fsp3) is 0.857. The van der Waals surface area contributed by atoms with Crippen molar-refractivity contribution in [2.45, 2.75) is 13.0 Å². The number of amides is 1. The Labute approximate surface area is 66.2 Å². The molecule has 1 amide bonds. The molecule has 0 aromatic carbocycles. The number of piperazine rings is 1. The molecule has 1 aliphatic heterocycles. The third kappa shape index (κ3) is 2.17. The van der Waals surface area contributed by atoms with Gasteiger partial charge in [-0.1, -0.05) is 0 Å². The number of nitrogens with one attached hydrogen (secondary N) is 1. The zero-order valence-corrected chi connectivity index (χ0v) is 6.71. The van der Waals surface area contributed by atoms with Crippen LogP contribution >= 0.6 is 0 Å². The molecule has 1 atom stereocenters. The number of hydrogen-bond donors (Lipinski definition) is 2. The highest BCUT2D eigenvalue weighted by molar-refractivity contribution is 5.78. The first-order valence-corrected chi connectivity index (χ1v) is 3.85. The minimum Gasteiger partial charge on any atom is -0.395 e. The fourth-order valence-electron chi connectivity index (χ4n) is 1.15. The van der Waals surface area contributed by atoms with Crippen molar-refractivity contribution in [1.82, 2.24) is 10.2 Å². The molecule has 1 rings (SSSR count). The maximum absolute atomic E-state index is 10.9. The monoisotopic (exact) mass is 158 g/mol. The summed E-state index contributed by atoms with van der Waals surface area (Å²) in [5.41, 5.74) is 0. The highest BCUT2D eigenvalue weighted by atomic mass is 16.3. The van der Waals surface area contributed by atoms with Crippen LogP contribution in [0.2, 0.25) is 0 Å². The third-order valence-corrected chi connectivity index (χ3v) is 1.96. The molecule has 64 valence electrons. The highest BCUT2D eigenvalue weighted by Crippen LogP contribution is 1.99. The number of nitrogens with zero attached hydrogens (tertiary/aromatic N) is 1. The SMILES string of the molecule is CC(CO)N1CCNC(=O)C1. The molecule has 11 heavy (non-hydrogen) atoms. The van der Waals surface area contributed by atoms with Crippen LogP contribution < -0.4 is 5.32 Å². The first kappa shape index (κ1) is 8.49. The molecule has 0 radical (unpaired) electrons. The van der Waals surface area contributed by atoms with Gasteiger partial charge in [-0.15, -0.1) is 0 Å². The van der Waals surface area contributed by atoms with Gasteiger partial charge in [0.1, 0.15) is 0 Å². The van der Waals surface area contributed by atoms with Crippen molar-refractivity contribution in [2.75, 3.05) is 26.2 Å². The van der Waals surface area contributed by atoms with Gasteiger partial charge in [-0.2, -0.15) is 0 Å². The Morgan fingerprint density at radius 1 is 1.82 bits per heavy atom. The van der Waals surface area contributed by atoms with E-state index in [-0.39, 0.29) is 18.6 Å². The molecule has 0 aromatic rings. The molecule has 1 heterocycles. The van der Waals surface area contributed by atoms with Crippen molar-refractivity contribution < 1.29 is 9.90 Å². The zero-order chi connectivity index (χ0) is 8.27. The Morgan fingerprint density at radius 2 is 2.55 bits per heavy atom. The van der Waals surface area contributed by atoms with E-state index in [0.717, 1.165) is 6.54 Å². The standard InChI is InChI=1S/C7H14N2O2/c1-6(5-10)9-3-2-8-7(11)4-9/h6,10H,2-5H2,1H3,(H,8,11). The summed E-state index contributed by atoms with van der Waals surface area (Å²) in [6.07, 6.45) is 0. The molecule has 0 saturated carbocycles. The lowest BCUT2D eigenvalue weighted by Crippen LogP contribution is -2.51. The van der Waals surface area contributed by atoms with Crippen molar-refractivity contribution in [2.24, 2.45) is 0 Å². The van der Waals surface area contributed by atoms with Crippen LogP contribution in [0.5, 0.6) is 0 Å². The van der Waals surface area contributed by atoms with Crippen LogP contribution in [0.1, 0.15) is 6.92 Å². The fourth-order valence-corrected chi connectivity index (χ4v) is 1.15. The van der Waals surface area contributed by atoms with Gasteiger partial charge in [-0.25, -0.2) is 0 Å². The number of rotatable bonds is 2. The van der Waals surface area contributed by atoms with Crippen molar-refractivity contribution in [3.8, 4) is 0 Å². The number of carbonyl (C=O) groups is 1. The normalized spacial score (nSPS) is 22.9.